The van der Waals surface area contributed by atoms with Crippen LogP contribution >= 0.6 is 27.5 Å². The van der Waals surface area contributed by atoms with Gasteiger partial charge in [-0.3, -0.25) is 9.79 Å². The number of benzene rings is 1. The second-order valence-corrected chi connectivity index (χ2v) is 5.67. The molecule has 0 amide bonds. The second-order valence-electron chi connectivity index (χ2n) is 4.40. The van der Waals surface area contributed by atoms with Crippen molar-refractivity contribution in [1.82, 2.24) is 4.98 Å². The van der Waals surface area contributed by atoms with Gasteiger partial charge in [0, 0.05) is 16.9 Å². The second kappa shape index (κ2) is 7.33. The highest BCUT2D eigenvalue weighted by atomic mass is 79.9. The van der Waals surface area contributed by atoms with E-state index in [1.54, 1.807) is 24.3 Å². The third-order valence-electron chi connectivity index (χ3n) is 2.80. The normalized spacial score (nSPS) is 12.3. The predicted molar refractivity (Wildman–Crippen MR) is 91.8 cm³/mol. The van der Waals surface area contributed by atoms with Crippen molar-refractivity contribution in [3.8, 4) is 0 Å². The third kappa shape index (κ3) is 4.02. The summed E-state index contributed by atoms with van der Waals surface area (Å²) in [5.74, 6) is -0.569. The molecular formula is C16H12BrClN2O2. The summed E-state index contributed by atoms with van der Waals surface area (Å²) in [6, 6.07) is 10.5. The largest absolute Gasteiger partial charge is 0.506 e. The fourth-order valence-corrected chi connectivity index (χ4v) is 2.32. The lowest BCUT2D eigenvalue weighted by Gasteiger charge is -2.05. The van der Waals surface area contributed by atoms with Crippen LogP contribution in [0.4, 0.5) is 5.69 Å². The van der Waals surface area contributed by atoms with E-state index >= 15 is 0 Å². The van der Waals surface area contributed by atoms with E-state index in [9.17, 15) is 9.90 Å². The first-order chi connectivity index (χ1) is 10.5. The van der Waals surface area contributed by atoms with Crippen molar-refractivity contribution in [3.63, 3.8) is 0 Å². The average molecular weight is 380 g/mol. The van der Waals surface area contributed by atoms with E-state index in [1.807, 2.05) is 12.1 Å². The van der Waals surface area contributed by atoms with Crippen LogP contribution in [0.2, 0.25) is 5.15 Å². The van der Waals surface area contributed by atoms with Crippen LogP contribution < -0.4 is 0 Å². The molecule has 2 aromatic rings. The summed E-state index contributed by atoms with van der Waals surface area (Å²) in [6.45, 7) is 1.35. The Labute approximate surface area is 141 Å². The zero-order chi connectivity index (χ0) is 16.1. The highest BCUT2D eigenvalue weighted by Crippen LogP contribution is 2.23. The summed E-state index contributed by atoms with van der Waals surface area (Å²) in [6.07, 6.45) is 2.82. The minimum atomic E-state index is -0.323. The van der Waals surface area contributed by atoms with Gasteiger partial charge in [0.25, 0.3) is 0 Å². The van der Waals surface area contributed by atoms with E-state index in [0.717, 1.165) is 4.47 Å². The van der Waals surface area contributed by atoms with E-state index in [4.69, 9.17) is 11.6 Å². The summed E-state index contributed by atoms with van der Waals surface area (Å²) in [5.41, 5.74) is 1.00. The summed E-state index contributed by atoms with van der Waals surface area (Å²) < 4.78 is 0.870. The molecule has 0 spiro atoms. The molecule has 0 radical (unpaired) electrons. The summed E-state index contributed by atoms with van der Waals surface area (Å²) in [5, 5.41) is 10.4. The van der Waals surface area contributed by atoms with Crippen LogP contribution in [0.5, 0.6) is 0 Å². The number of aliphatic hydroxyl groups is 1. The van der Waals surface area contributed by atoms with E-state index in [0.29, 0.717) is 5.69 Å². The number of pyridine rings is 1. The summed E-state index contributed by atoms with van der Waals surface area (Å²) in [4.78, 5) is 19.9. The number of aliphatic hydroxyl groups excluding tert-OH is 1. The molecule has 0 unspecified atom stereocenters. The molecule has 1 aromatic carbocycles. The molecule has 22 heavy (non-hydrogen) atoms. The number of halogens is 2. The van der Waals surface area contributed by atoms with Crippen LogP contribution in [-0.2, 0) is 4.79 Å². The number of ketones is 1. The van der Waals surface area contributed by atoms with Crippen molar-refractivity contribution in [2.45, 2.75) is 6.92 Å². The fourth-order valence-electron chi connectivity index (χ4n) is 1.72. The number of Topliss-reactive ketones (excluding diaryl/α,β-unsaturated/α-hetero) is 1. The van der Waals surface area contributed by atoms with Crippen LogP contribution in [0.25, 0.3) is 5.76 Å². The number of allylic oxidation sites excluding steroid dienone is 1. The standard InChI is InChI=1S/C16H12BrClN2O2/c1-10(21)14(9-20-12-5-2-4-11(17)8-12)15(22)13-6-3-7-19-16(13)18/h2-9,22H,1H3/b15-14-,20-9?. The van der Waals surface area contributed by atoms with Gasteiger partial charge < -0.3 is 5.11 Å². The van der Waals surface area contributed by atoms with Gasteiger partial charge in [-0.05, 0) is 37.3 Å². The zero-order valence-electron chi connectivity index (χ0n) is 11.6. The molecule has 0 aliphatic rings. The van der Waals surface area contributed by atoms with E-state index < -0.39 is 0 Å². The number of aromatic nitrogens is 1. The lowest BCUT2D eigenvalue weighted by Crippen LogP contribution is -2.03. The van der Waals surface area contributed by atoms with Crippen molar-refractivity contribution >= 4 is 51.0 Å². The molecule has 2 rings (SSSR count). The summed E-state index contributed by atoms with van der Waals surface area (Å²) in [7, 11) is 0. The Morgan fingerprint density at radius 3 is 2.77 bits per heavy atom. The smallest absolute Gasteiger partial charge is 0.165 e. The molecule has 6 heteroatoms. The third-order valence-corrected chi connectivity index (χ3v) is 3.59. The van der Waals surface area contributed by atoms with Crippen molar-refractivity contribution < 1.29 is 9.90 Å². The van der Waals surface area contributed by atoms with Crippen molar-refractivity contribution in [2.24, 2.45) is 4.99 Å². The summed E-state index contributed by atoms with van der Waals surface area (Å²) >= 11 is 9.28. The molecule has 0 aliphatic heterocycles. The number of carbonyl (C=O) groups excluding carboxylic acids is 1. The average Bonchev–Trinajstić information content (AvgIpc) is 2.47. The minimum Gasteiger partial charge on any atom is -0.506 e. The lowest BCUT2D eigenvalue weighted by atomic mass is 10.1. The van der Waals surface area contributed by atoms with Gasteiger partial charge in [0.15, 0.2) is 5.78 Å². The molecule has 0 saturated heterocycles. The van der Waals surface area contributed by atoms with Crippen molar-refractivity contribution in [2.75, 3.05) is 0 Å². The maximum atomic E-state index is 11.8. The Bertz CT molecular complexity index is 772. The minimum absolute atomic E-state index is 0.0647. The Morgan fingerprint density at radius 1 is 1.36 bits per heavy atom. The van der Waals surface area contributed by atoms with Crippen molar-refractivity contribution in [1.29, 1.82) is 0 Å². The molecule has 4 nitrogen and oxygen atoms in total. The van der Waals surface area contributed by atoms with Crippen LogP contribution in [0, 0.1) is 0 Å². The number of aliphatic imine (C=N–C) groups is 1. The number of hydrogen-bond acceptors (Lipinski definition) is 4. The Morgan fingerprint density at radius 2 is 2.14 bits per heavy atom. The number of hydrogen-bond donors (Lipinski definition) is 1. The maximum Gasteiger partial charge on any atom is 0.165 e. The molecule has 112 valence electrons. The molecule has 0 aliphatic carbocycles. The molecule has 0 saturated carbocycles. The molecular weight excluding hydrogens is 368 g/mol. The van der Waals surface area contributed by atoms with Gasteiger partial charge in [0.1, 0.15) is 10.9 Å². The molecule has 0 fully saturated rings. The number of nitrogens with zero attached hydrogens (tertiary/aromatic N) is 2. The highest BCUT2D eigenvalue weighted by Gasteiger charge is 2.14. The van der Waals surface area contributed by atoms with Crippen LogP contribution in [-0.4, -0.2) is 22.1 Å². The van der Waals surface area contributed by atoms with Gasteiger partial charge in [-0.1, -0.05) is 33.6 Å². The van der Waals surface area contributed by atoms with Gasteiger partial charge in [0.05, 0.1) is 16.8 Å². The van der Waals surface area contributed by atoms with Gasteiger partial charge >= 0.3 is 0 Å². The molecule has 0 atom stereocenters. The first kappa shape index (κ1) is 16.4. The van der Waals surface area contributed by atoms with E-state index in [1.165, 1.54) is 19.3 Å². The Kier molecular flexibility index (Phi) is 5.46. The van der Waals surface area contributed by atoms with E-state index in [2.05, 4.69) is 25.9 Å². The first-order valence-electron chi connectivity index (χ1n) is 6.33. The predicted octanol–water partition coefficient (Wildman–Crippen LogP) is 4.76. The molecule has 0 bridgehead atoms. The van der Waals surface area contributed by atoms with Crippen molar-refractivity contribution in [3.05, 3.63) is 63.4 Å². The first-order valence-corrected chi connectivity index (χ1v) is 7.51. The van der Waals surface area contributed by atoms with Gasteiger partial charge in [-0.2, -0.15) is 0 Å². The Hall–Kier alpha value is -1.98. The fraction of sp³-hybridized carbons (Fsp3) is 0.0625. The molecule has 1 heterocycles. The monoisotopic (exact) mass is 378 g/mol. The van der Waals surface area contributed by atoms with E-state index in [-0.39, 0.29) is 27.8 Å². The number of rotatable bonds is 4. The lowest BCUT2D eigenvalue weighted by molar-refractivity contribution is -0.113. The van der Waals surface area contributed by atoms with Crippen LogP contribution in [0.1, 0.15) is 12.5 Å². The SMILES string of the molecule is CC(=O)/C(C=Nc1cccc(Br)c1)=C(\O)c1cccnc1Cl. The van der Waals surface area contributed by atoms with Crippen LogP contribution in [0.15, 0.2) is 57.6 Å². The van der Waals surface area contributed by atoms with Gasteiger partial charge in [-0.15, -0.1) is 0 Å². The molecule has 1 aromatic heterocycles. The quantitative estimate of drug-likeness (QED) is 0.360. The maximum absolute atomic E-state index is 11.8. The topological polar surface area (TPSA) is 62.5 Å². The highest BCUT2D eigenvalue weighted by molar-refractivity contribution is 9.10. The van der Waals surface area contributed by atoms with Gasteiger partial charge in [-0.25, -0.2) is 4.98 Å². The van der Waals surface area contributed by atoms with Gasteiger partial charge in [0.2, 0.25) is 0 Å². The molecule has 1 N–H and O–H groups in total. The zero-order valence-corrected chi connectivity index (χ0v) is 14.0. The Balaban J connectivity index is 2.44. The van der Waals surface area contributed by atoms with Crippen LogP contribution in [0.3, 0.4) is 0 Å². The number of carbonyl (C=O) groups is 1.